The van der Waals surface area contributed by atoms with E-state index in [4.69, 9.17) is 4.74 Å². The Morgan fingerprint density at radius 1 is 0.971 bits per heavy atom. The molecule has 2 amide bonds. The van der Waals surface area contributed by atoms with Crippen LogP contribution in [-0.4, -0.2) is 28.5 Å². The van der Waals surface area contributed by atoms with E-state index < -0.39 is 6.04 Å². The fourth-order valence-corrected chi connectivity index (χ4v) is 3.89. The zero-order valence-electron chi connectivity index (χ0n) is 19.3. The lowest BCUT2D eigenvalue weighted by molar-refractivity contribution is -0.122. The molecule has 34 heavy (non-hydrogen) atoms. The minimum Gasteiger partial charge on any atom is -0.497 e. The van der Waals surface area contributed by atoms with Crippen LogP contribution in [0.4, 0.5) is 0 Å². The highest BCUT2D eigenvalue weighted by Crippen LogP contribution is 2.21. The number of imidazole rings is 1. The summed E-state index contributed by atoms with van der Waals surface area (Å²) in [5, 5.41) is 5.81. The van der Waals surface area contributed by atoms with Crippen molar-refractivity contribution in [3.8, 4) is 5.75 Å². The number of hydrogen-bond donors (Lipinski definition) is 2. The summed E-state index contributed by atoms with van der Waals surface area (Å²) in [6.07, 6.45) is 2.00. The van der Waals surface area contributed by atoms with Gasteiger partial charge in [0.2, 0.25) is 11.8 Å². The third kappa shape index (κ3) is 5.81. The van der Waals surface area contributed by atoms with Gasteiger partial charge in [0, 0.05) is 20.0 Å². The van der Waals surface area contributed by atoms with E-state index in [2.05, 4.69) is 38.4 Å². The minimum atomic E-state index is -0.407. The summed E-state index contributed by atoms with van der Waals surface area (Å²) in [6.45, 7) is 2.60. The van der Waals surface area contributed by atoms with E-state index in [0.29, 0.717) is 6.54 Å². The second kappa shape index (κ2) is 10.7. The highest BCUT2D eigenvalue weighted by atomic mass is 16.5. The minimum absolute atomic E-state index is 0.136. The highest BCUT2D eigenvalue weighted by Gasteiger charge is 2.17. The Balaban J connectivity index is 1.33. The second-order valence-electron chi connectivity index (χ2n) is 8.18. The van der Waals surface area contributed by atoms with E-state index in [9.17, 15) is 9.59 Å². The van der Waals surface area contributed by atoms with Gasteiger partial charge in [0.15, 0.2) is 0 Å². The van der Waals surface area contributed by atoms with Crippen molar-refractivity contribution in [1.29, 1.82) is 0 Å². The van der Waals surface area contributed by atoms with Crippen molar-refractivity contribution in [2.75, 3.05) is 7.11 Å². The lowest BCUT2D eigenvalue weighted by Gasteiger charge is -2.18. The Bertz CT molecular complexity index is 1260. The lowest BCUT2D eigenvalue weighted by Crippen LogP contribution is -2.32. The molecule has 0 bridgehead atoms. The van der Waals surface area contributed by atoms with Crippen LogP contribution in [0, 0.1) is 0 Å². The van der Waals surface area contributed by atoms with Gasteiger partial charge in [-0.15, -0.1) is 0 Å². The number of carbonyl (C=O) groups excluding carboxylic acids is 2. The van der Waals surface area contributed by atoms with Gasteiger partial charge in [-0.05, 0) is 41.0 Å². The molecular weight excluding hydrogens is 428 g/mol. The lowest BCUT2D eigenvalue weighted by atomic mass is 10.0. The molecule has 0 aliphatic carbocycles. The standard InChI is InChI=1S/C27H28N4O3/c1-19(32)30-25(22-11-13-23(34-2)14-12-22)15-27(33)28-16-20-7-9-21(10-8-20)17-31-18-29-24-5-3-4-6-26(24)31/h3-14,18,25H,15-17H2,1-2H3,(H,28,33)(H,30,32). The molecule has 4 aromatic rings. The monoisotopic (exact) mass is 456 g/mol. The van der Waals surface area contributed by atoms with Crippen molar-refractivity contribution in [2.45, 2.75) is 32.5 Å². The zero-order valence-corrected chi connectivity index (χ0v) is 19.3. The molecule has 1 heterocycles. The van der Waals surface area contributed by atoms with Gasteiger partial charge in [0.25, 0.3) is 0 Å². The number of para-hydroxylation sites is 2. The number of benzene rings is 3. The summed E-state index contributed by atoms with van der Waals surface area (Å²) in [7, 11) is 1.60. The molecule has 1 aromatic heterocycles. The predicted molar refractivity (Wildman–Crippen MR) is 131 cm³/mol. The van der Waals surface area contributed by atoms with Crippen molar-refractivity contribution >= 4 is 22.8 Å². The van der Waals surface area contributed by atoms with Gasteiger partial charge < -0.3 is 19.9 Å². The number of rotatable bonds is 9. The third-order valence-corrected chi connectivity index (χ3v) is 5.68. The van der Waals surface area contributed by atoms with Crippen LogP contribution in [0.15, 0.2) is 79.1 Å². The van der Waals surface area contributed by atoms with Crippen LogP contribution < -0.4 is 15.4 Å². The van der Waals surface area contributed by atoms with Gasteiger partial charge in [0.1, 0.15) is 5.75 Å². The third-order valence-electron chi connectivity index (χ3n) is 5.68. The maximum absolute atomic E-state index is 12.6. The summed E-state index contributed by atoms with van der Waals surface area (Å²) in [4.78, 5) is 28.7. The highest BCUT2D eigenvalue weighted by molar-refractivity contribution is 5.79. The normalized spacial score (nSPS) is 11.7. The van der Waals surface area contributed by atoms with Gasteiger partial charge in [-0.1, -0.05) is 48.5 Å². The Labute approximate surface area is 198 Å². The SMILES string of the molecule is COc1ccc(C(CC(=O)NCc2ccc(Cn3cnc4ccccc43)cc2)NC(C)=O)cc1. The first kappa shape index (κ1) is 23.0. The number of amides is 2. The average Bonchev–Trinajstić information content (AvgIpc) is 3.26. The van der Waals surface area contributed by atoms with Gasteiger partial charge in [-0.2, -0.15) is 0 Å². The van der Waals surface area contributed by atoms with Crippen molar-refractivity contribution in [3.63, 3.8) is 0 Å². The van der Waals surface area contributed by atoms with E-state index in [1.807, 2.05) is 60.9 Å². The molecule has 0 radical (unpaired) electrons. The summed E-state index contributed by atoms with van der Waals surface area (Å²) in [6, 6.07) is 23.2. The van der Waals surface area contributed by atoms with Crippen molar-refractivity contribution < 1.29 is 14.3 Å². The number of carbonyl (C=O) groups is 2. The first-order valence-corrected chi connectivity index (χ1v) is 11.2. The molecule has 0 aliphatic heterocycles. The maximum atomic E-state index is 12.6. The van der Waals surface area contributed by atoms with Crippen LogP contribution in [-0.2, 0) is 22.7 Å². The van der Waals surface area contributed by atoms with Crippen LogP contribution in [0.25, 0.3) is 11.0 Å². The molecule has 0 aliphatic rings. The first-order chi connectivity index (χ1) is 16.5. The van der Waals surface area contributed by atoms with Crippen molar-refractivity contribution in [1.82, 2.24) is 20.2 Å². The zero-order chi connectivity index (χ0) is 23.9. The maximum Gasteiger partial charge on any atom is 0.222 e. The molecule has 0 fully saturated rings. The Kier molecular flexibility index (Phi) is 7.22. The number of fused-ring (bicyclic) bond motifs is 1. The van der Waals surface area contributed by atoms with E-state index in [0.717, 1.165) is 40.0 Å². The second-order valence-corrected chi connectivity index (χ2v) is 8.18. The van der Waals surface area contributed by atoms with Crippen LogP contribution in [0.3, 0.4) is 0 Å². The fourth-order valence-electron chi connectivity index (χ4n) is 3.89. The van der Waals surface area contributed by atoms with E-state index in [1.54, 1.807) is 7.11 Å². The first-order valence-electron chi connectivity index (χ1n) is 11.2. The fraction of sp³-hybridized carbons (Fsp3) is 0.222. The van der Waals surface area contributed by atoms with Gasteiger partial charge in [0.05, 0.1) is 36.9 Å². The number of nitrogens with one attached hydrogen (secondary N) is 2. The summed E-state index contributed by atoms with van der Waals surface area (Å²) in [5.41, 5.74) is 5.09. The summed E-state index contributed by atoms with van der Waals surface area (Å²) in [5.74, 6) is 0.401. The molecule has 1 atom stereocenters. The molecule has 3 aromatic carbocycles. The van der Waals surface area contributed by atoms with Gasteiger partial charge >= 0.3 is 0 Å². The quantitative estimate of drug-likeness (QED) is 0.399. The molecule has 7 nitrogen and oxygen atoms in total. The Morgan fingerprint density at radius 2 is 1.68 bits per heavy atom. The van der Waals surface area contributed by atoms with E-state index in [1.165, 1.54) is 6.92 Å². The van der Waals surface area contributed by atoms with Gasteiger partial charge in [-0.25, -0.2) is 4.98 Å². The molecular formula is C27H28N4O3. The topological polar surface area (TPSA) is 85.2 Å². The average molecular weight is 457 g/mol. The number of nitrogens with zero attached hydrogens (tertiary/aromatic N) is 2. The van der Waals surface area contributed by atoms with E-state index in [-0.39, 0.29) is 18.2 Å². The molecule has 2 N–H and O–H groups in total. The number of hydrogen-bond acceptors (Lipinski definition) is 4. The summed E-state index contributed by atoms with van der Waals surface area (Å²) >= 11 is 0. The van der Waals surface area contributed by atoms with Crippen molar-refractivity contribution in [2.24, 2.45) is 0 Å². The van der Waals surface area contributed by atoms with Crippen LogP contribution in [0.1, 0.15) is 36.1 Å². The van der Waals surface area contributed by atoms with Crippen molar-refractivity contribution in [3.05, 3.63) is 95.8 Å². The largest absolute Gasteiger partial charge is 0.497 e. The molecule has 4 rings (SSSR count). The van der Waals surface area contributed by atoms with Crippen LogP contribution >= 0.6 is 0 Å². The molecule has 1 unspecified atom stereocenters. The molecule has 0 saturated heterocycles. The van der Waals surface area contributed by atoms with Crippen LogP contribution in [0.2, 0.25) is 0 Å². The molecule has 0 saturated carbocycles. The van der Waals surface area contributed by atoms with Crippen LogP contribution in [0.5, 0.6) is 5.75 Å². The number of methoxy groups -OCH3 is 1. The summed E-state index contributed by atoms with van der Waals surface area (Å²) < 4.78 is 7.30. The molecule has 0 spiro atoms. The number of aromatic nitrogens is 2. The van der Waals surface area contributed by atoms with E-state index >= 15 is 0 Å². The molecule has 7 heteroatoms. The Hall–Kier alpha value is -4.13. The van der Waals surface area contributed by atoms with Gasteiger partial charge in [-0.3, -0.25) is 9.59 Å². The number of ether oxygens (including phenoxy) is 1. The molecule has 174 valence electrons. The predicted octanol–water partition coefficient (Wildman–Crippen LogP) is 3.98. The Morgan fingerprint density at radius 3 is 2.38 bits per heavy atom. The smallest absolute Gasteiger partial charge is 0.222 e.